The van der Waals surface area contributed by atoms with E-state index in [4.69, 9.17) is 0 Å². The summed E-state index contributed by atoms with van der Waals surface area (Å²) in [5.74, 6) is 0.839. The molecule has 142 valence electrons. The molecule has 7 heteroatoms. The van der Waals surface area contributed by atoms with Crippen LogP contribution < -0.4 is 10.6 Å². The molecule has 25 heavy (non-hydrogen) atoms. The summed E-state index contributed by atoms with van der Waals surface area (Å²) in [4.78, 5) is 27.7. The van der Waals surface area contributed by atoms with Gasteiger partial charge >= 0.3 is 162 Å². The van der Waals surface area contributed by atoms with Gasteiger partial charge in [-0.25, -0.2) is 0 Å². The van der Waals surface area contributed by atoms with E-state index < -0.39 is 0 Å². The Morgan fingerprint density at radius 2 is 1.84 bits per heavy atom. The van der Waals surface area contributed by atoms with Crippen LogP contribution in [0.5, 0.6) is 0 Å². The van der Waals surface area contributed by atoms with Gasteiger partial charge in [0.25, 0.3) is 0 Å². The summed E-state index contributed by atoms with van der Waals surface area (Å²) in [6.45, 7) is 8.46. The second-order valence-corrected chi connectivity index (χ2v) is 13.4. The maximum atomic E-state index is 13.2. The average Bonchev–Trinajstić information content (AvgIpc) is 3.06. The Morgan fingerprint density at radius 3 is 2.44 bits per heavy atom. The third-order valence-electron chi connectivity index (χ3n) is 5.41. The Labute approximate surface area is 162 Å². The third kappa shape index (κ3) is 4.37. The van der Waals surface area contributed by atoms with E-state index in [9.17, 15) is 9.59 Å². The number of nitrogens with one attached hydrogen (secondary N) is 2. The number of amides is 2. The Balaban J connectivity index is 1.70. The van der Waals surface area contributed by atoms with Crippen LogP contribution in [0, 0.1) is 0 Å². The van der Waals surface area contributed by atoms with Crippen LogP contribution in [0.15, 0.2) is 0 Å². The fraction of sp³-hybridized carbons (Fsp3) is 0.889. The zero-order chi connectivity index (χ0) is 18.2. The van der Waals surface area contributed by atoms with Crippen LogP contribution in [0.3, 0.4) is 0 Å². The van der Waals surface area contributed by atoms with Gasteiger partial charge in [-0.1, -0.05) is 0 Å². The van der Waals surface area contributed by atoms with E-state index in [1.165, 1.54) is 19.3 Å². The summed E-state index contributed by atoms with van der Waals surface area (Å²) < 4.78 is 0.0597. The molecule has 1 saturated carbocycles. The molecule has 3 rings (SSSR count). The molecule has 2 heterocycles. The first-order chi connectivity index (χ1) is 11.7. The first-order valence-electron chi connectivity index (χ1n) is 9.39. The predicted molar refractivity (Wildman–Crippen MR) is 104 cm³/mol. The quantitative estimate of drug-likeness (QED) is 0.670. The van der Waals surface area contributed by atoms with Gasteiger partial charge in [-0.3, -0.25) is 0 Å². The van der Waals surface area contributed by atoms with Gasteiger partial charge in [-0.15, -0.1) is 0 Å². The van der Waals surface area contributed by atoms with Gasteiger partial charge in [0.1, 0.15) is 0 Å². The number of hydrogen-bond acceptors (Lipinski definition) is 4. The van der Waals surface area contributed by atoms with Crippen molar-refractivity contribution in [1.82, 2.24) is 15.5 Å². The molecule has 0 spiro atoms. The van der Waals surface area contributed by atoms with E-state index in [1.54, 1.807) is 11.8 Å². The second kappa shape index (κ2) is 7.41. The van der Waals surface area contributed by atoms with E-state index in [0.717, 1.165) is 18.2 Å². The number of rotatable bonds is 3. The van der Waals surface area contributed by atoms with Crippen molar-refractivity contribution >= 4 is 38.5 Å². The number of carbonyl (C=O) groups is 2. The molecule has 3 fully saturated rings. The van der Waals surface area contributed by atoms with Crippen LogP contribution in [0.4, 0.5) is 0 Å². The fourth-order valence-electron chi connectivity index (χ4n) is 4.05. The van der Waals surface area contributed by atoms with Crippen LogP contribution in [-0.2, 0) is 9.59 Å². The second-order valence-electron chi connectivity index (χ2n) is 8.34. The number of thioether (sulfide) groups is 1. The number of nitrogens with zero attached hydrogens (tertiary/aromatic N) is 1. The molecule has 0 aromatic carbocycles. The molecule has 0 radical (unpaired) electrons. The van der Waals surface area contributed by atoms with Crippen LogP contribution >= 0.6 is 11.8 Å². The van der Waals surface area contributed by atoms with Crippen LogP contribution in [0.1, 0.15) is 59.8 Å². The third-order valence-corrected chi connectivity index (χ3v) is 9.60. The van der Waals surface area contributed by atoms with Crippen molar-refractivity contribution in [2.24, 2.45) is 0 Å². The van der Waals surface area contributed by atoms with Crippen molar-refractivity contribution in [3.8, 4) is 0 Å². The summed E-state index contributed by atoms with van der Waals surface area (Å²) in [5, 5.41) is 7.62. The van der Waals surface area contributed by atoms with E-state index in [0.29, 0.717) is 26.8 Å². The molecule has 0 aromatic rings. The standard InChI is InChI=1S/C18H31N3O2SSe/c1-17(2)20-13(11-25-17)16(23)21-14(10-24-18(21,3)4)15(22)19-12-8-6-5-7-9-12/h12-14,20H,5-11H2,1-4H3,(H,19,22)/t13-,14?/m0/s1. The molecule has 2 aliphatic heterocycles. The molecular weight excluding hydrogens is 401 g/mol. The van der Waals surface area contributed by atoms with E-state index >= 15 is 0 Å². The summed E-state index contributed by atoms with van der Waals surface area (Å²) in [5.41, 5.74) is 0. The first-order valence-corrected chi connectivity index (χ1v) is 12.4. The van der Waals surface area contributed by atoms with E-state index in [1.807, 2.05) is 4.90 Å². The van der Waals surface area contributed by atoms with Gasteiger partial charge in [-0.05, 0) is 0 Å². The molecular formula is C18H31N3O2SSe. The summed E-state index contributed by atoms with van der Waals surface area (Å²) in [7, 11) is 0. The van der Waals surface area contributed by atoms with Gasteiger partial charge in [0, 0.05) is 0 Å². The minimum atomic E-state index is -0.340. The molecule has 2 saturated heterocycles. The van der Waals surface area contributed by atoms with Gasteiger partial charge in [0.15, 0.2) is 0 Å². The van der Waals surface area contributed by atoms with Crippen molar-refractivity contribution in [3.05, 3.63) is 0 Å². The topological polar surface area (TPSA) is 61.4 Å². The van der Waals surface area contributed by atoms with Gasteiger partial charge in [0.05, 0.1) is 0 Å². The Morgan fingerprint density at radius 1 is 1.16 bits per heavy atom. The molecule has 1 aliphatic carbocycles. The van der Waals surface area contributed by atoms with Crippen LogP contribution in [0.25, 0.3) is 0 Å². The Bertz CT molecular complexity index is 534. The first kappa shape index (κ1) is 19.5. The zero-order valence-corrected chi connectivity index (χ0v) is 18.3. The molecule has 3 aliphatic rings. The molecule has 1 unspecified atom stereocenters. The molecule has 2 N–H and O–H groups in total. The van der Waals surface area contributed by atoms with Crippen molar-refractivity contribution in [1.29, 1.82) is 0 Å². The molecule has 5 nitrogen and oxygen atoms in total. The van der Waals surface area contributed by atoms with Crippen LogP contribution in [-0.4, -0.2) is 64.9 Å². The predicted octanol–water partition coefficient (Wildman–Crippen LogP) is 1.95. The normalized spacial score (nSPS) is 31.9. The van der Waals surface area contributed by atoms with Crippen molar-refractivity contribution in [3.63, 3.8) is 0 Å². The van der Waals surface area contributed by atoms with Crippen molar-refractivity contribution < 1.29 is 9.59 Å². The summed E-state index contributed by atoms with van der Waals surface area (Å²) in [6.07, 6.45) is 5.81. The molecule has 0 bridgehead atoms. The number of carbonyl (C=O) groups excluding carboxylic acids is 2. The maximum absolute atomic E-state index is 13.2. The average molecular weight is 432 g/mol. The van der Waals surface area contributed by atoms with Crippen molar-refractivity contribution in [2.75, 3.05) is 5.75 Å². The Kier molecular flexibility index (Phi) is 5.79. The zero-order valence-electron chi connectivity index (χ0n) is 15.8. The fourth-order valence-corrected chi connectivity index (χ4v) is 7.45. The number of hydrogen-bond donors (Lipinski definition) is 2. The summed E-state index contributed by atoms with van der Waals surface area (Å²) in [6, 6.07) is -0.191. The van der Waals surface area contributed by atoms with Crippen molar-refractivity contribution in [2.45, 2.75) is 92.6 Å². The molecule has 2 amide bonds. The molecule has 0 aromatic heterocycles. The molecule has 2 atom stereocenters. The van der Waals surface area contributed by atoms with E-state index in [-0.39, 0.29) is 33.2 Å². The summed E-state index contributed by atoms with van der Waals surface area (Å²) >= 11 is 2.12. The minimum absolute atomic E-state index is 0.0427. The Hall–Kier alpha value is -0.231. The van der Waals surface area contributed by atoms with Gasteiger partial charge < -0.3 is 0 Å². The van der Waals surface area contributed by atoms with Gasteiger partial charge in [-0.2, -0.15) is 0 Å². The monoisotopic (exact) mass is 433 g/mol. The van der Waals surface area contributed by atoms with Gasteiger partial charge in [0.2, 0.25) is 0 Å². The van der Waals surface area contributed by atoms with Crippen LogP contribution in [0.2, 0.25) is 5.32 Å². The SMILES string of the molecule is CC1(C)N[C@H](C(=O)N2C(C(=O)NC3CCCCC3)CSC2(C)C)C[Se]1. The van der Waals surface area contributed by atoms with E-state index in [2.05, 4.69) is 38.3 Å².